The number of pyridine rings is 1. The van der Waals surface area contributed by atoms with Crippen molar-refractivity contribution in [2.75, 3.05) is 0 Å². The first-order valence-corrected chi connectivity index (χ1v) is 6.99. The summed E-state index contributed by atoms with van der Waals surface area (Å²) in [6.45, 7) is 3.91. The quantitative estimate of drug-likeness (QED) is 0.772. The molecule has 0 spiro atoms. The van der Waals surface area contributed by atoms with E-state index in [1.54, 1.807) is 6.20 Å². The molecule has 2 aromatic heterocycles. The lowest BCUT2D eigenvalue weighted by Gasteiger charge is -2.13. The Morgan fingerprint density at radius 1 is 1.14 bits per heavy atom. The first-order valence-electron chi connectivity index (χ1n) is 6.99. The van der Waals surface area contributed by atoms with Crippen molar-refractivity contribution in [1.82, 2.24) is 15.3 Å². The molecule has 4 nitrogen and oxygen atoms in total. The molecule has 0 aliphatic heterocycles. The van der Waals surface area contributed by atoms with Crippen molar-refractivity contribution in [2.24, 2.45) is 0 Å². The van der Waals surface area contributed by atoms with Gasteiger partial charge in [0.25, 0.3) is 5.91 Å². The Hall–Kier alpha value is -2.62. The number of nitrogens with zero attached hydrogens (tertiary/aromatic N) is 1. The summed E-state index contributed by atoms with van der Waals surface area (Å²) >= 11 is 0. The SMILES string of the molecule is CC(C)NC(=O)c1ccccc1-c1ccnc2[nH]ccc12. The number of amides is 1. The fourth-order valence-corrected chi connectivity index (χ4v) is 2.45. The van der Waals surface area contributed by atoms with Crippen LogP contribution in [0.3, 0.4) is 0 Å². The molecule has 2 N–H and O–H groups in total. The van der Waals surface area contributed by atoms with Crippen molar-refractivity contribution in [3.05, 3.63) is 54.4 Å². The van der Waals surface area contributed by atoms with Gasteiger partial charge in [-0.05, 0) is 43.2 Å². The molecule has 1 aromatic carbocycles. The van der Waals surface area contributed by atoms with Gasteiger partial charge in [-0.3, -0.25) is 4.79 Å². The van der Waals surface area contributed by atoms with Gasteiger partial charge in [-0.1, -0.05) is 18.2 Å². The second-order valence-corrected chi connectivity index (χ2v) is 5.27. The van der Waals surface area contributed by atoms with Crippen LogP contribution >= 0.6 is 0 Å². The van der Waals surface area contributed by atoms with Crippen molar-refractivity contribution in [2.45, 2.75) is 19.9 Å². The third-order valence-corrected chi connectivity index (χ3v) is 3.34. The minimum atomic E-state index is -0.0545. The van der Waals surface area contributed by atoms with Crippen molar-refractivity contribution < 1.29 is 4.79 Å². The summed E-state index contributed by atoms with van der Waals surface area (Å²) in [5.41, 5.74) is 3.44. The van der Waals surface area contributed by atoms with Gasteiger partial charge in [-0.15, -0.1) is 0 Å². The predicted octanol–water partition coefficient (Wildman–Crippen LogP) is 3.37. The molecule has 0 saturated heterocycles. The number of aromatic amines is 1. The number of carbonyl (C=O) groups is 1. The summed E-state index contributed by atoms with van der Waals surface area (Å²) < 4.78 is 0. The minimum Gasteiger partial charge on any atom is -0.350 e. The third kappa shape index (κ3) is 2.52. The lowest BCUT2D eigenvalue weighted by atomic mass is 9.97. The average molecular weight is 279 g/mol. The summed E-state index contributed by atoms with van der Waals surface area (Å²) in [4.78, 5) is 19.8. The summed E-state index contributed by atoms with van der Waals surface area (Å²) in [5, 5.41) is 3.96. The number of H-pyrrole nitrogens is 1. The summed E-state index contributed by atoms with van der Waals surface area (Å²) in [6, 6.07) is 11.7. The molecule has 21 heavy (non-hydrogen) atoms. The number of hydrogen-bond donors (Lipinski definition) is 2. The van der Waals surface area contributed by atoms with Crippen LogP contribution < -0.4 is 5.32 Å². The zero-order valence-corrected chi connectivity index (χ0v) is 12.1. The maximum atomic E-state index is 12.4. The van der Waals surface area contributed by atoms with Gasteiger partial charge in [0, 0.05) is 29.4 Å². The van der Waals surface area contributed by atoms with Gasteiger partial charge in [-0.25, -0.2) is 4.98 Å². The maximum absolute atomic E-state index is 12.4. The molecule has 0 atom stereocenters. The molecule has 0 bridgehead atoms. The van der Waals surface area contributed by atoms with Gasteiger partial charge in [0.1, 0.15) is 5.65 Å². The highest BCUT2D eigenvalue weighted by Gasteiger charge is 2.15. The van der Waals surface area contributed by atoms with Gasteiger partial charge in [0.15, 0.2) is 0 Å². The van der Waals surface area contributed by atoms with E-state index in [0.717, 1.165) is 22.2 Å². The molecular weight excluding hydrogens is 262 g/mol. The zero-order valence-electron chi connectivity index (χ0n) is 12.1. The number of nitrogens with one attached hydrogen (secondary N) is 2. The molecule has 3 aromatic rings. The lowest BCUT2D eigenvalue weighted by molar-refractivity contribution is 0.0944. The monoisotopic (exact) mass is 279 g/mol. The van der Waals surface area contributed by atoms with Crippen LogP contribution in [-0.2, 0) is 0 Å². The Bertz CT molecular complexity index is 789. The van der Waals surface area contributed by atoms with Crippen LogP contribution in [0.4, 0.5) is 0 Å². The fraction of sp³-hybridized carbons (Fsp3) is 0.176. The Balaban J connectivity index is 2.15. The molecule has 0 fully saturated rings. The van der Waals surface area contributed by atoms with Crippen molar-refractivity contribution in [3.8, 4) is 11.1 Å². The molecule has 0 aliphatic carbocycles. The van der Waals surface area contributed by atoms with Crippen molar-refractivity contribution >= 4 is 16.9 Å². The van der Waals surface area contributed by atoms with E-state index in [1.165, 1.54) is 0 Å². The summed E-state index contributed by atoms with van der Waals surface area (Å²) in [7, 11) is 0. The van der Waals surface area contributed by atoms with Gasteiger partial charge in [0.2, 0.25) is 0 Å². The zero-order chi connectivity index (χ0) is 14.8. The van der Waals surface area contributed by atoms with Crippen LogP contribution in [0.15, 0.2) is 48.8 Å². The Morgan fingerprint density at radius 3 is 2.76 bits per heavy atom. The van der Waals surface area contributed by atoms with Gasteiger partial charge in [-0.2, -0.15) is 0 Å². The standard InChI is InChI=1S/C17H17N3O/c1-11(2)20-17(21)15-6-4-3-5-12(15)13-7-9-18-16-14(13)8-10-19-16/h3-11H,1-2H3,(H,18,19)(H,20,21). The normalized spacial score (nSPS) is 11.0. The van der Waals surface area contributed by atoms with Gasteiger partial charge < -0.3 is 10.3 Å². The van der Waals surface area contributed by atoms with Crippen molar-refractivity contribution in [1.29, 1.82) is 0 Å². The molecule has 0 aliphatic rings. The molecule has 1 amide bonds. The van der Waals surface area contributed by atoms with Crippen LogP contribution in [0.1, 0.15) is 24.2 Å². The number of rotatable bonds is 3. The van der Waals surface area contributed by atoms with E-state index in [4.69, 9.17) is 0 Å². The molecule has 2 heterocycles. The molecule has 3 rings (SSSR count). The second kappa shape index (κ2) is 5.40. The van der Waals surface area contributed by atoms with E-state index in [-0.39, 0.29) is 11.9 Å². The predicted molar refractivity (Wildman–Crippen MR) is 84.1 cm³/mol. The lowest BCUT2D eigenvalue weighted by Crippen LogP contribution is -2.30. The van der Waals surface area contributed by atoms with Crippen molar-refractivity contribution in [3.63, 3.8) is 0 Å². The van der Waals surface area contributed by atoms with E-state index in [2.05, 4.69) is 15.3 Å². The molecule has 0 unspecified atom stereocenters. The highest BCUT2D eigenvalue weighted by atomic mass is 16.1. The smallest absolute Gasteiger partial charge is 0.252 e. The highest BCUT2D eigenvalue weighted by molar-refractivity contribution is 6.05. The Morgan fingerprint density at radius 2 is 1.95 bits per heavy atom. The maximum Gasteiger partial charge on any atom is 0.252 e. The van der Waals surface area contributed by atoms with Crippen LogP contribution in [0.5, 0.6) is 0 Å². The number of hydrogen-bond acceptors (Lipinski definition) is 2. The highest BCUT2D eigenvalue weighted by Crippen LogP contribution is 2.29. The first kappa shape index (κ1) is 13.4. The first-order chi connectivity index (χ1) is 10.2. The topological polar surface area (TPSA) is 57.8 Å². The summed E-state index contributed by atoms with van der Waals surface area (Å²) in [5.74, 6) is -0.0545. The van der Waals surface area contributed by atoms with Crippen LogP contribution in [0.25, 0.3) is 22.2 Å². The third-order valence-electron chi connectivity index (χ3n) is 3.34. The molecular formula is C17H17N3O. The number of fused-ring (bicyclic) bond motifs is 1. The minimum absolute atomic E-state index is 0.0545. The van der Waals surface area contributed by atoms with E-state index in [9.17, 15) is 4.79 Å². The number of aromatic nitrogens is 2. The average Bonchev–Trinajstić information content (AvgIpc) is 2.95. The van der Waals surface area contributed by atoms with Gasteiger partial charge >= 0.3 is 0 Å². The van der Waals surface area contributed by atoms with Crippen LogP contribution in [0, 0.1) is 0 Å². The van der Waals surface area contributed by atoms with E-state index in [0.29, 0.717) is 5.56 Å². The Labute approximate surface area is 123 Å². The van der Waals surface area contributed by atoms with Crippen LogP contribution in [-0.4, -0.2) is 21.9 Å². The van der Waals surface area contributed by atoms with E-state index < -0.39 is 0 Å². The summed E-state index contributed by atoms with van der Waals surface area (Å²) in [6.07, 6.45) is 3.61. The molecule has 0 radical (unpaired) electrons. The largest absolute Gasteiger partial charge is 0.350 e. The number of carbonyl (C=O) groups excluding carboxylic acids is 1. The molecule has 0 saturated carbocycles. The fourth-order valence-electron chi connectivity index (χ4n) is 2.45. The molecule has 4 heteroatoms. The Kier molecular flexibility index (Phi) is 3.44. The van der Waals surface area contributed by atoms with E-state index in [1.807, 2.05) is 56.4 Å². The molecule has 106 valence electrons. The van der Waals surface area contributed by atoms with Crippen LogP contribution in [0.2, 0.25) is 0 Å². The number of benzene rings is 1. The second-order valence-electron chi connectivity index (χ2n) is 5.27. The van der Waals surface area contributed by atoms with Gasteiger partial charge in [0.05, 0.1) is 0 Å². The van der Waals surface area contributed by atoms with E-state index >= 15 is 0 Å².